The number of pyridine rings is 1. The highest BCUT2D eigenvalue weighted by Gasteiger charge is 2.29. The van der Waals surface area contributed by atoms with Gasteiger partial charge in [0, 0.05) is 18.3 Å². The van der Waals surface area contributed by atoms with E-state index >= 15 is 0 Å². The first-order chi connectivity index (χ1) is 8.94. The molecule has 0 spiro atoms. The van der Waals surface area contributed by atoms with Crippen molar-refractivity contribution < 1.29 is 8.42 Å². The topological polar surface area (TPSA) is 71.1 Å². The molecule has 6 heteroatoms. The number of hydrogen-bond acceptors (Lipinski definition) is 4. The van der Waals surface area contributed by atoms with Gasteiger partial charge in [0.05, 0.1) is 6.26 Å². The van der Waals surface area contributed by atoms with Gasteiger partial charge in [-0.1, -0.05) is 12.5 Å². The van der Waals surface area contributed by atoms with Crippen LogP contribution in [0.2, 0.25) is 0 Å². The van der Waals surface area contributed by atoms with E-state index < -0.39 is 10.0 Å². The highest BCUT2D eigenvalue weighted by Crippen LogP contribution is 2.26. The average Bonchev–Trinajstić information content (AvgIpc) is 2.71. The average molecular weight is 283 g/mol. The minimum atomic E-state index is -3.12. The van der Waals surface area contributed by atoms with Crippen molar-refractivity contribution >= 4 is 15.8 Å². The second-order valence-corrected chi connectivity index (χ2v) is 7.01. The summed E-state index contributed by atoms with van der Waals surface area (Å²) in [6.45, 7) is 2.71. The zero-order valence-corrected chi connectivity index (χ0v) is 12.2. The highest BCUT2D eigenvalue weighted by atomic mass is 32.2. The van der Waals surface area contributed by atoms with E-state index in [2.05, 4.69) is 15.0 Å². The van der Waals surface area contributed by atoms with Gasteiger partial charge in [0.25, 0.3) is 0 Å². The fourth-order valence-corrected chi connectivity index (χ4v) is 3.45. The molecule has 19 heavy (non-hydrogen) atoms. The lowest BCUT2D eigenvalue weighted by atomic mass is 10.1. The Morgan fingerprint density at radius 1 is 1.37 bits per heavy atom. The van der Waals surface area contributed by atoms with Crippen LogP contribution < -0.4 is 10.0 Å². The van der Waals surface area contributed by atoms with Gasteiger partial charge in [-0.3, -0.25) is 0 Å². The van der Waals surface area contributed by atoms with Crippen molar-refractivity contribution in [1.29, 1.82) is 0 Å². The molecule has 0 bridgehead atoms. The van der Waals surface area contributed by atoms with E-state index in [0.29, 0.717) is 5.92 Å². The summed E-state index contributed by atoms with van der Waals surface area (Å²) in [4.78, 5) is 4.38. The van der Waals surface area contributed by atoms with E-state index in [-0.39, 0.29) is 6.04 Å². The number of anilines is 1. The molecule has 2 unspecified atom stereocenters. The summed E-state index contributed by atoms with van der Waals surface area (Å²) >= 11 is 0. The molecule has 0 radical (unpaired) electrons. The molecule has 2 rings (SSSR count). The molecule has 1 aliphatic rings. The molecule has 5 nitrogen and oxygen atoms in total. The third kappa shape index (κ3) is 4.47. The molecule has 1 fully saturated rings. The van der Waals surface area contributed by atoms with Gasteiger partial charge in [-0.2, -0.15) is 0 Å². The molecule has 0 saturated heterocycles. The SMILES string of the molecule is Cc1cccc(NCC2CCCC2NS(C)(=O)=O)n1. The van der Waals surface area contributed by atoms with Crippen LogP contribution in [0.1, 0.15) is 25.0 Å². The molecular weight excluding hydrogens is 262 g/mol. The maximum absolute atomic E-state index is 11.3. The molecule has 1 heterocycles. The van der Waals surface area contributed by atoms with Crippen molar-refractivity contribution in [2.75, 3.05) is 18.1 Å². The summed E-state index contributed by atoms with van der Waals surface area (Å²) in [6, 6.07) is 5.90. The zero-order chi connectivity index (χ0) is 13.9. The van der Waals surface area contributed by atoms with Gasteiger partial charge in [0.2, 0.25) is 10.0 Å². The summed E-state index contributed by atoms with van der Waals surface area (Å²) in [5, 5.41) is 3.30. The standard InChI is InChI=1S/C13H21N3O2S/c1-10-5-3-8-13(15-10)14-9-11-6-4-7-12(11)16-19(2,17)18/h3,5,8,11-12,16H,4,6-7,9H2,1-2H3,(H,14,15). The third-order valence-corrected chi connectivity index (χ3v) is 4.19. The van der Waals surface area contributed by atoms with E-state index in [4.69, 9.17) is 0 Å². The van der Waals surface area contributed by atoms with Crippen molar-refractivity contribution in [2.45, 2.75) is 32.2 Å². The number of aromatic nitrogens is 1. The molecule has 1 aromatic rings. The Kier molecular flexibility index (Phi) is 4.42. The van der Waals surface area contributed by atoms with Crippen LogP contribution in [-0.4, -0.2) is 32.2 Å². The van der Waals surface area contributed by atoms with Crippen LogP contribution in [0.3, 0.4) is 0 Å². The fraction of sp³-hybridized carbons (Fsp3) is 0.615. The molecule has 106 valence electrons. The quantitative estimate of drug-likeness (QED) is 0.859. The van der Waals surface area contributed by atoms with E-state index in [1.807, 2.05) is 25.1 Å². The Morgan fingerprint density at radius 2 is 2.16 bits per heavy atom. The lowest BCUT2D eigenvalue weighted by Crippen LogP contribution is -2.39. The Morgan fingerprint density at radius 3 is 2.84 bits per heavy atom. The normalized spacial score (nSPS) is 23.5. The Bertz CT molecular complexity index is 530. The van der Waals surface area contributed by atoms with Crippen molar-refractivity contribution in [1.82, 2.24) is 9.71 Å². The Labute approximate surface area is 114 Å². The van der Waals surface area contributed by atoms with E-state index in [9.17, 15) is 8.42 Å². The predicted molar refractivity (Wildman–Crippen MR) is 76.6 cm³/mol. The smallest absolute Gasteiger partial charge is 0.208 e. The summed E-state index contributed by atoms with van der Waals surface area (Å²) in [5.74, 6) is 1.18. The molecule has 0 amide bonds. The number of hydrogen-bond donors (Lipinski definition) is 2. The first-order valence-corrected chi connectivity index (χ1v) is 8.48. The second-order valence-electron chi connectivity index (χ2n) is 5.23. The Balaban J connectivity index is 1.91. The second kappa shape index (κ2) is 5.88. The van der Waals surface area contributed by atoms with E-state index in [1.165, 1.54) is 6.26 Å². The lowest BCUT2D eigenvalue weighted by molar-refractivity contribution is 0.463. The first kappa shape index (κ1) is 14.3. The molecule has 2 atom stereocenters. The maximum Gasteiger partial charge on any atom is 0.208 e. The fourth-order valence-electron chi connectivity index (χ4n) is 2.59. The maximum atomic E-state index is 11.3. The molecule has 1 saturated carbocycles. The van der Waals surface area contributed by atoms with Gasteiger partial charge in [0.1, 0.15) is 5.82 Å². The zero-order valence-electron chi connectivity index (χ0n) is 11.4. The number of rotatable bonds is 5. The molecule has 1 aliphatic carbocycles. The van der Waals surface area contributed by atoms with E-state index in [1.54, 1.807) is 0 Å². The van der Waals surface area contributed by atoms with Crippen LogP contribution in [0.5, 0.6) is 0 Å². The molecular formula is C13H21N3O2S. The van der Waals surface area contributed by atoms with E-state index in [0.717, 1.165) is 37.3 Å². The van der Waals surface area contributed by atoms with Crippen LogP contribution in [0.15, 0.2) is 18.2 Å². The van der Waals surface area contributed by atoms with Crippen LogP contribution in [0.25, 0.3) is 0 Å². The summed E-state index contributed by atoms with van der Waals surface area (Å²) < 4.78 is 25.3. The number of aryl methyl sites for hydroxylation is 1. The van der Waals surface area contributed by atoms with Gasteiger partial charge in [-0.05, 0) is 37.8 Å². The number of nitrogens with one attached hydrogen (secondary N) is 2. The minimum absolute atomic E-state index is 0.0484. The van der Waals surface area contributed by atoms with Crippen LogP contribution in [-0.2, 0) is 10.0 Å². The third-order valence-electron chi connectivity index (χ3n) is 3.46. The number of nitrogens with zero attached hydrogens (tertiary/aromatic N) is 1. The van der Waals surface area contributed by atoms with Crippen LogP contribution >= 0.6 is 0 Å². The highest BCUT2D eigenvalue weighted by molar-refractivity contribution is 7.88. The molecule has 0 aromatic carbocycles. The van der Waals surface area contributed by atoms with Gasteiger partial charge in [0.15, 0.2) is 0 Å². The molecule has 1 aromatic heterocycles. The van der Waals surface area contributed by atoms with Crippen molar-refractivity contribution in [2.24, 2.45) is 5.92 Å². The number of sulfonamides is 1. The van der Waals surface area contributed by atoms with Crippen LogP contribution in [0, 0.1) is 12.8 Å². The van der Waals surface area contributed by atoms with Gasteiger partial charge in [-0.15, -0.1) is 0 Å². The summed E-state index contributed by atoms with van der Waals surface area (Å²) in [7, 11) is -3.12. The van der Waals surface area contributed by atoms with Gasteiger partial charge < -0.3 is 5.32 Å². The minimum Gasteiger partial charge on any atom is -0.370 e. The molecule has 2 N–H and O–H groups in total. The Hall–Kier alpha value is -1.14. The summed E-state index contributed by atoms with van der Waals surface area (Å²) in [5.41, 5.74) is 0.974. The van der Waals surface area contributed by atoms with Crippen molar-refractivity contribution in [3.63, 3.8) is 0 Å². The van der Waals surface area contributed by atoms with Crippen molar-refractivity contribution in [3.05, 3.63) is 23.9 Å². The summed E-state index contributed by atoms with van der Waals surface area (Å²) in [6.07, 6.45) is 4.26. The molecule has 0 aliphatic heterocycles. The van der Waals surface area contributed by atoms with Gasteiger partial charge in [-0.25, -0.2) is 18.1 Å². The van der Waals surface area contributed by atoms with Crippen LogP contribution in [0.4, 0.5) is 5.82 Å². The van der Waals surface area contributed by atoms with Crippen molar-refractivity contribution in [3.8, 4) is 0 Å². The van der Waals surface area contributed by atoms with Gasteiger partial charge >= 0.3 is 0 Å². The lowest BCUT2D eigenvalue weighted by Gasteiger charge is -2.20. The monoisotopic (exact) mass is 283 g/mol. The first-order valence-electron chi connectivity index (χ1n) is 6.59. The predicted octanol–water partition coefficient (Wildman–Crippen LogP) is 1.52. The largest absolute Gasteiger partial charge is 0.370 e.